The standard InChI is InChI=1S/C20H18ClN3O3.C11H8ClNO2.C9H12N2O2.CH4/c1-2-27-20(26)19(17-5-3-4-8-22-17)24-18(25)10-13-6-7-16-14(9-13)11-15(21)12-23-16;12-9-5-8-3-7(4-11(14)15)1-2-10(8)13-6-9;1-2-13-9(12)8(10)7-5-3-4-6-11-7;/h3-9,11-12,19H,2,10H2,1H3,(H,24,25);1-3,5-6H,4H2,(H,14,15);3-6,8H,2,10H2,1H3;1H4. The summed E-state index contributed by atoms with van der Waals surface area (Å²) in [5, 5.41) is 14.1. The summed E-state index contributed by atoms with van der Waals surface area (Å²) in [6, 6.07) is 23.1. The molecule has 13 nitrogen and oxygen atoms in total. The van der Waals surface area contributed by atoms with Crippen molar-refractivity contribution in [3.05, 3.63) is 142 Å². The van der Waals surface area contributed by atoms with Crippen molar-refractivity contribution in [3.63, 3.8) is 0 Å². The molecule has 6 aromatic rings. The van der Waals surface area contributed by atoms with Gasteiger partial charge in [0.25, 0.3) is 0 Å². The third-order valence-corrected chi connectivity index (χ3v) is 7.92. The fourth-order valence-electron chi connectivity index (χ4n) is 5.04. The van der Waals surface area contributed by atoms with Gasteiger partial charge in [-0.1, -0.05) is 54.9 Å². The minimum Gasteiger partial charge on any atom is -0.481 e. The number of carbonyl (C=O) groups is 4. The van der Waals surface area contributed by atoms with Crippen molar-refractivity contribution in [1.29, 1.82) is 0 Å². The number of nitrogens with zero attached hydrogens (tertiary/aromatic N) is 4. The smallest absolute Gasteiger partial charge is 0.334 e. The Kier molecular flexibility index (Phi) is 17.7. The molecule has 0 saturated heterocycles. The molecule has 292 valence electrons. The number of hydrogen-bond acceptors (Lipinski definition) is 11. The van der Waals surface area contributed by atoms with Crippen LogP contribution in [-0.4, -0.2) is 62.1 Å². The van der Waals surface area contributed by atoms with Gasteiger partial charge in [0.15, 0.2) is 6.04 Å². The number of hydrogen-bond donors (Lipinski definition) is 3. The number of rotatable bonds is 11. The highest BCUT2D eigenvalue weighted by Gasteiger charge is 2.25. The van der Waals surface area contributed by atoms with Gasteiger partial charge in [-0.05, 0) is 85.6 Å². The number of pyridine rings is 4. The van der Waals surface area contributed by atoms with E-state index in [2.05, 4.69) is 25.3 Å². The molecule has 0 spiro atoms. The van der Waals surface area contributed by atoms with Crippen LogP contribution in [0.2, 0.25) is 10.0 Å². The molecule has 6 rings (SSSR count). The number of fused-ring (bicyclic) bond motifs is 2. The SMILES string of the molecule is C.CCOC(=O)C(N)c1ccccn1.CCOC(=O)C(NC(=O)Cc1ccc2ncc(Cl)cc2c1)c1ccccn1.O=C(O)Cc1ccc2ncc(Cl)cc2c1. The normalized spacial score (nSPS) is 11.3. The first kappa shape index (κ1) is 44.4. The average molecular weight is 802 g/mol. The lowest BCUT2D eigenvalue weighted by molar-refractivity contribution is -0.147. The van der Waals surface area contributed by atoms with Crippen molar-refractivity contribution in [3.8, 4) is 0 Å². The summed E-state index contributed by atoms with van der Waals surface area (Å²) in [4.78, 5) is 62.9. The van der Waals surface area contributed by atoms with Gasteiger partial charge in [-0.15, -0.1) is 0 Å². The molecular weight excluding hydrogens is 759 g/mol. The topological polar surface area (TPSA) is 197 Å². The lowest BCUT2D eigenvalue weighted by Crippen LogP contribution is -2.36. The van der Waals surface area contributed by atoms with Gasteiger partial charge in [0.1, 0.15) is 6.04 Å². The zero-order valence-electron chi connectivity index (χ0n) is 29.9. The van der Waals surface area contributed by atoms with Crippen molar-refractivity contribution in [2.24, 2.45) is 5.73 Å². The van der Waals surface area contributed by atoms with E-state index in [-0.39, 0.29) is 32.8 Å². The zero-order valence-corrected chi connectivity index (χ0v) is 31.4. The van der Waals surface area contributed by atoms with Crippen LogP contribution >= 0.6 is 23.2 Å². The molecule has 15 heteroatoms. The van der Waals surface area contributed by atoms with Crippen molar-refractivity contribution >= 4 is 68.8 Å². The molecule has 4 heterocycles. The van der Waals surface area contributed by atoms with E-state index in [1.807, 2.05) is 18.2 Å². The number of esters is 2. The van der Waals surface area contributed by atoms with Gasteiger partial charge in [0.05, 0.1) is 58.5 Å². The van der Waals surface area contributed by atoms with Crippen LogP contribution in [0.5, 0.6) is 0 Å². The third-order valence-electron chi connectivity index (χ3n) is 7.50. The molecule has 0 fully saturated rings. The molecule has 2 aromatic carbocycles. The van der Waals surface area contributed by atoms with Gasteiger partial charge in [-0.25, -0.2) is 9.59 Å². The molecule has 0 aliphatic rings. The van der Waals surface area contributed by atoms with Crippen LogP contribution in [0.3, 0.4) is 0 Å². The summed E-state index contributed by atoms with van der Waals surface area (Å²) < 4.78 is 9.82. The quantitative estimate of drug-likeness (QED) is 0.113. The number of nitrogens with one attached hydrogen (secondary N) is 1. The van der Waals surface area contributed by atoms with Crippen LogP contribution in [0, 0.1) is 0 Å². The minimum absolute atomic E-state index is 0. The van der Waals surface area contributed by atoms with Gasteiger partial charge >= 0.3 is 17.9 Å². The molecule has 2 unspecified atom stereocenters. The van der Waals surface area contributed by atoms with Gasteiger partial charge in [0, 0.05) is 35.6 Å². The van der Waals surface area contributed by atoms with E-state index in [1.165, 1.54) is 0 Å². The summed E-state index contributed by atoms with van der Waals surface area (Å²) in [6.45, 7) is 4.00. The number of aromatic nitrogens is 4. The van der Waals surface area contributed by atoms with Crippen LogP contribution < -0.4 is 11.1 Å². The van der Waals surface area contributed by atoms with E-state index in [0.717, 1.165) is 32.9 Å². The van der Waals surface area contributed by atoms with Gasteiger partial charge in [0.2, 0.25) is 5.91 Å². The number of aliphatic carboxylic acids is 1. The van der Waals surface area contributed by atoms with Crippen LogP contribution in [0.1, 0.15) is 55.9 Å². The molecule has 0 aliphatic carbocycles. The Hall–Kier alpha value is -6.02. The van der Waals surface area contributed by atoms with E-state index in [4.69, 9.17) is 43.5 Å². The second-order valence-corrected chi connectivity index (χ2v) is 12.5. The molecule has 56 heavy (non-hydrogen) atoms. The fraction of sp³-hybridized carbons (Fsp3) is 0.220. The van der Waals surface area contributed by atoms with E-state index in [9.17, 15) is 19.2 Å². The van der Waals surface area contributed by atoms with Crippen LogP contribution in [0.15, 0.2) is 110 Å². The Morgan fingerprint density at radius 1 is 0.696 bits per heavy atom. The molecule has 4 N–H and O–H groups in total. The summed E-state index contributed by atoms with van der Waals surface area (Å²) in [6.07, 6.45) is 6.42. The monoisotopic (exact) mass is 800 g/mol. The van der Waals surface area contributed by atoms with E-state index >= 15 is 0 Å². The maximum atomic E-state index is 12.5. The predicted molar refractivity (Wildman–Crippen MR) is 215 cm³/mol. The molecule has 4 aromatic heterocycles. The fourth-order valence-corrected chi connectivity index (χ4v) is 5.37. The second kappa shape index (κ2) is 22.4. The number of carboxylic acid groups (broad SMARTS) is 1. The Labute approximate surface area is 334 Å². The zero-order chi connectivity index (χ0) is 39.7. The first-order chi connectivity index (χ1) is 26.5. The number of amides is 1. The Balaban J connectivity index is 0.000000245. The minimum atomic E-state index is -0.949. The number of halogens is 2. The number of ether oxygens (including phenoxy) is 2. The summed E-state index contributed by atoms with van der Waals surface area (Å²) in [5.74, 6) is -2.14. The predicted octanol–water partition coefficient (Wildman–Crippen LogP) is 7.04. The Morgan fingerprint density at radius 3 is 1.68 bits per heavy atom. The molecule has 1 amide bonds. The van der Waals surface area contributed by atoms with Gasteiger partial charge in [-0.3, -0.25) is 29.5 Å². The van der Waals surface area contributed by atoms with Crippen molar-refractivity contribution < 1.29 is 33.8 Å². The highest BCUT2D eigenvalue weighted by atomic mass is 35.5. The summed E-state index contributed by atoms with van der Waals surface area (Å²) in [5.41, 5.74) is 9.69. The first-order valence-electron chi connectivity index (χ1n) is 17.0. The van der Waals surface area contributed by atoms with E-state index in [0.29, 0.717) is 28.0 Å². The van der Waals surface area contributed by atoms with Gasteiger partial charge in [-0.2, -0.15) is 0 Å². The molecule has 0 aliphatic heterocycles. The average Bonchev–Trinajstić information content (AvgIpc) is 3.17. The van der Waals surface area contributed by atoms with Crippen LogP contribution in [0.4, 0.5) is 0 Å². The maximum absolute atomic E-state index is 12.5. The Bertz CT molecular complexity index is 2230. The van der Waals surface area contributed by atoms with Crippen molar-refractivity contribution in [2.75, 3.05) is 13.2 Å². The summed E-state index contributed by atoms with van der Waals surface area (Å²) in [7, 11) is 0. The third kappa shape index (κ3) is 13.7. The van der Waals surface area contributed by atoms with Crippen LogP contribution in [0.25, 0.3) is 21.8 Å². The molecular formula is C41H42Cl2N6O7. The molecule has 2 atom stereocenters. The number of carbonyl (C=O) groups excluding carboxylic acids is 3. The van der Waals surface area contributed by atoms with Crippen LogP contribution in [-0.2, 0) is 41.5 Å². The maximum Gasteiger partial charge on any atom is 0.334 e. The lowest BCUT2D eigenvalue weighted by atomic mass is 10.1. The highest BCUT2D eigenvalue weighted by molar-refractivity contribution is 6.31. The van der Waals surface area contributed by atoms with Crippen molar-refractivity contribution in [2.45, 2.75) is 46.2 Å². The number of nitrogens with two attached hydrogens (primary N) is 1. The number of carboxylic acids is 1. The summed E-state index contributed by atoms with van der Waals surface area (Å²) >= 11 is 11.8. The first-order valence-corrected chi connectivity index (χ1v) is 17.7. The lowest BCUT2D eigenvalue weighted by Gasteiger charge is -2.17. The second-order valence-electron chi connectivity index (χ2n) is 11.6. The van der Waals surface area contributed by atoms with Gasteiger partial charge < -0.3 is 25.6 Å². The van der Waals surface area contributed by atoms with Crippen molar-refractivity contribution in [1.82, 2.24) is 25.3 Å². The van der Waals surface area contributed by atoms with E-state index in [1.54, 1.807) is 105 Å². The molecule has 0 bridgehead atoms. The molecule has 0 radical (unpaired) electrons. The van der Waals surface area contributed by atoms with E-state index < -0.39 is 30.0 Å². The highest BCUT2D eigenvalue weighted by Crippen LogP contribution is 2.20. The largest absolute Gasteiger partial charge is 0.481 e. The number of benzene rings is 2. The molecule has 0 saturated carbocycles. The Morgan fingerprint density at radius 2 is 1.20 bits per heavy atom.